The summed E-state index contributed by atoms with van der Waals surface area (Å²) < 4.78 is 40.7. The van der Waals surface area contributed by atoms with Crippen molar-refractivity contribution >= 4 is 11.7 Å². The molecule has 2 heterocycles. The van der Waals surface area contributed by atoms with Gasteiger partial charge in [0, 0.05) is 29.6 Å². The average molecular weight is 395 g/mol. The number of pyridine rings is 2. The fourth-order valence-electron chi connectivity index (χ4n) is 2.63. The number of hydrogen-bond donors (Lipinski definition) is 1. The van der Waals surface area contributed by atoms with Gasteiger partial charge in [-0.15, -0.1) is 13.2 Å². The topological polar surface area (TPSA) is 81.2 Å². The van der Waals surface area contributed by atoms with Crippen LogP contribution in [0, 0.1) is 13.8 Å². The van der Waals surface area contributed by atoms with E-state index in [9.17, 15) is 22.8 Å². The molecule has 1 amide bonds. The van der Waals surface area contributed by atoms with Crippen molar-refractivity contribution in [3.63, 3.8) is 0 Å². The van der Waals surface area contributed by atoms with E-state index in [-0.39, 0.29) is 23.3 Å². The van der Waals surface area contributed by atoms with E-state index in [1.54, 1.807) is 26.0 Å². The quantitative estimate of drug-likeness (QED) is 0.808. The Morgan fingerprint density at radius 3 is 2.46 bits per heavy atom. The Morgan fingerprint density at radius 2 is 1.89 bits per heavy atom. The lowest BCUT2D eigenvalue weighted by molar-refractivity contribution is -0.276. The lowest BCUT2D eigenvalue weighted by atomic mass is 10.0. The molecule has 0 aliphatic heterocycles. The first kappa shape index (κ1) is 21.3. The Bertz CT molecular complexity index is 898. The number of aromatic nitrogens is 2. The van der Waals surface area contributed by atoms with Crippen molar-refractivity contribution in [3.05, 3.63) is 52.5 Å². The normalized spacial score (nSPS) is 12.4. The van der Waals surface area contributed by atoms with Gasteiger partial charge in [-0.25, -0.2) is 4.98 Å². The van der Waals surface area contributed by atoms with Gasteiger partial charge in [-0.3, -0.25) is 14.6 Å². The van der Waals surface area contributed by atoms with E-state index in [0.29, 0.717) is 11.4 Å². The van der Waals surface area contributed by atoms with E-state index in [0.717, 1.165) is 11.8 Å². The zero-order chi connectivity index (χ0) is 21.1. The largest absolute Gasteiger partial charge is 0.574 e. The van der Waals surface area contributed by atoms with Gasteiger partial charge in [-0.2, -0.15) is 0 Å². The fourth-order valence-corrected chi connectivity index (χ4v) is 2.63. The van der Waals surface area contributed by atoms with Crippen LogP contribution < -0.4 is 10.1 Å². The van der Waals surface area contributed by atoms with E-state index < -0.39 is 24.2 Å². The third-order valence-electron chi connectivity index (χ3n) is 3.81. The van der Waals surface area contributed by atoms with Crippen LogP contribution in [0.3, 0.4) is 0 Å². The minimum Gasteiger partial charge on any atom is -0.388 e. The van der Waals surface area contributed by atoms with Crippen LogP contribution in [0.15, 0.2) is 24.4 Å². The molecule has 2 aromatic rings. The number of amides is 1. The summed E-state index contributed by atoms with van der Waals surface area (Å²) >= 11 is 0. The lowest BCUT2D eigenvalue weighted by Gasteiger charge is -2.16. The molecule has 0 saturated carbocycles. The Kier molecular flexibility index (Phi) is 6.37. The third-order valence-corrected chi connectivity index (χ3v) is 3.81. The number of ether oxygens (including phenoxy) is 1. The van der Waals surface area contributed by atoms with Gasteiger partial charge >= 0.3 is 6.36 Å². The van der Waals surface area contributed by atoms with Gasteiger partial charge < -0.3 is 10.1 Å². The molecule has 1 N–H and O–H groups in total. The minimum atomic E-state index is -4.85. The Labute approximate surface area is 160 Å². The number of rotatable bonds is 6. The summed E-state index contributed by atoms with van der Waals surface area (Å²) in [4.78, 5) is 31.6. The molecule has 2 aromatic heterocycles. The first-order valence-corrected chi connectivity index (χ1v) is 8.44. The number of carbonyl (C=O) groups is 2. The van der Waals surface area contributed by atoms with Crippen molar-refractivity contribution in [2.75, 3.05) is 0 Å². The molecule has 9 heteroatoms. The molecule has 150 valence electrons. The summed E-state index contributed by atoms with van der Waals surface area (Å²) in [6.45, 7) is 6.38. The second-order valence-electron chi connectivity index (χ2n) is 6.50. The zero-order valence-electron chi connectivity index (χ0n) is 15.8. The third kappa shape index (κ3) is 6.04. The van der Waals surface area contributed by atoms with Crippen LogP contribution in [0.5, 0.6) is 5.88 Å². The Morgan fingerprint density at radius 1 is 1.21 bits per heavy atom. The number of nitrogens with one attached hydrogen (secondary N) is 1. The van der Waals surface area contributed by atoms with Gasteiger partial charge in [0.05, 0.1) is 11.6 Å². The molecule has 0 bridgehead atoms. The first-order chi connectivity index (χ1) is 12.9. The van der Waals surface area contributed by atoms with Gasteiger partial charge in [0.15, 0.2) is 0 Å². The molecule has 0 fully saturated rings. The molecular formula is C19H20F3N3O3. The second-order valence-corrected chi connectivity index (χ2v) is 6.50. The van der Waals surface area contributed by atoms with Crippen LogP contribution in [-0.2, 0) is 11.2 Å². The maximum absolute atomic E-state index is 12.4. The van der Waals surface area contributed by atoms with Crippen molar-refractivity contribution in [2.24, 2.45) is 0 Å². The van der Waals surface area contributed by atoms with Gasteiger partial charge in [-0.1, -0.05) is 0 Å². The summed E-state index contributed by atoms with van der Waals surface area (Å²) in [6.07, 6.45) is -3.64. The van der Waals surface area contributed by atoms with Crippen molar-refractivity contribution < 1.29 is 27.5 Å². The average Bonchev–Trinajstić information content (AvgIpc) is 2.54. The second kappa shape index (κ2) is 8.37. The van der Waals surface area contributed by atoms with E-state index >= 15 is 0 Å². The van der Waals surface area contributed by atoms with E-state index in [4.69, 9.17) is 0 Å². The van der Waals surface area contributed by atoms with Crippen molar-refractivity contribution in [3.8, 4) is 5.88 Å². The number of ketones is 1. The predicted octanol–water partition coefficient (Wildman–Crippen LogP) is 3.61. The highest BCUT2D eigenvalue weighted by atomic mass is 19.4. The van der Waals surface area contributed by atoms with Gasteiger partial charge in [0.2, 0.25) is 5.88 Å². The number of aryl methyl sites for hydroxylation is 2. The van der Waals surface area contributed by atoms with E-state index in [2.05, 4.69) is 20.0 Å². The summed E-state index contributed by atoms with van der Waals surface area (Å²) in [7, 11) is 0. The van der Waals surface area contributed by atoms with Crippen LogP contribution in [0.1, 0.15) is 52.8 Å². The van der Waals surface area contributed by atoms with Gasteiger partial charge in [-0.05, 0) is 51.5 Å². The molecule has 1 unspecified atom stereocenters. The van der Waals surface area contributed by atoms with Crippen LogP contribution in [0.2, 0.25) is 0 Å². The maximum atomic E-state index is 12.4. The van der Waals surface area contributed by atoms with Crippen LogP contribution >= 0.6 is 0 Å². The Balaban J connectivity index is 2.15. The van der Waals surface area contributed by atoms with Gasteiger partial charge in [0.25, 0.3) is 5.91 Å². The van der Waals surface area contributed by atoms with Crippen LogP contribution in [0.25, 0.3) is 0 Å². The number of nitrogens with zero attached hydrogens (tertiary/aromatic N) is 2. The minimum absolute atomic E-state index is 0.0246. The standard InChI is InChI=1S/C19H20F3N3O3/c1-10-5-15(9-23-18(10)28-19(20,21)22)17(27)25-13(4)14-6-11(2)24-16(8-14)7-12(3)26/h5-6,8-9,13H,7H2,1-4H3,(H,25,27). The van der Waals surface area contributed by atoms with Crippen molar-refractivity contribution in [1.29, 1.82) is 0 Å². The fraction of sp³-hybridized carbons (Fsp3) is 0.368. The first-order valence-electron chi connectivity index (χ1n) is 8.44. The number of hydrogen-bond acceptors (Lipinski definition) is 5. The summed E-state index contributed by atoms with van der Waals surface area (Å²) in [5.41, 5.74) is 2.27. The monoisotopic (exact) mass is 395 g/mol. The molecule has 0 aromatic carbocycles. The molecule has 0 aliphatic rings. The summed E-state index contributed by atoms with van der Waals surface area (Å²) in [6, 6.07) is 4.39. The van der Waals surface area contributed by atoms with Crippen molar-refractivity contribution in [1.82, 2.24) is 15.3 Å². The Hall–Kier alpha value is -2.97. The lowest BCUT2D eigenvalue weighted by Crippen LogP contribution is -2.27. The number of Topliss-reactive ketones (excluding diaryl/α,β-unsaturated/α-hetero) is 1. The molecule has 0 aliphatic carbocycles. The number of halogens is 3. The maximum Gasteiger partial charge on any atom is 0.574 e. The van der Waals surface area contributed by atoms with Crippen LogP contribution in [-0.4, -0.2) is 28.0 Å². The van der Waals surface area contributed by atoms with E-state index in [1.165, 1.54) is 19.9 Å². The molecule has 2 rings (SSSR count). The SMILES string of the molecule is CC(=O)Cc1cc(C(C)NC(=O)c2cnc(OC(F)(F)F)c(C)c2)cc(C)n1. The predicted molar refractivity (Wildman–Crippen MR) is 94.9 cm³/mol. The van der Waals surface area contributed by atoms with Crippen LogP contribution in [0.4, 0.5) is 13.2 Å². The smallest absolute Gasteiger partial charge is 0.388 e. The van der Waals surface area contributed by atoms with Crippen molar-refractivity contribution in [2.45, 2.75) is 46.5 Å². The molecule has 0 saturated heterocycles. The van der Waals surface area contributed by atoms with Gasteiger partial charge in [0.1, 0.15) is 5.78 Å². The molecule has 1 atom stereocenters. The molecular weight excluding hydrogens is 375 g/mol. The number of alkyl halides is 3. The summed E-state index contributed by atoms with van der Waals surface area (Å²) in [5.74, 6) is -1.12. The highest BCUT2D eigenvalue weighted by molar-refractivity contribution is 5.94. The molecule has 0 radical (unpaired) electrons. The van der Waals surface area contributed by atoms with E-state index in [1.807, 2.05) is 0 Å². The summed E-state index contributed by atoms with van der Waals surface area (Å²) in [5, 5.41) is 2.76. The number of carbonyl (C=O) groups excluding carboxylic acids is 2. The highest BCUT2D eigenvalue weighted by Crippen LogP contribution is 2.24. The molecule has 28 heavy (non-hydrogen) atoms. The zero-order valence-corrected chi connectivity index (χ0v) is 15.8. The molecule has 6 nitrogen and oxygen atoms in total. The molecule has 0 spiro atoms. The highest BCUT2D eigenvalue weighted by Gasteiger charge is 2.32.